The first-order valence-corrected chi connectivity index (χ1v) is 13.2. The van der Waals surface area contributed by atoms with Crippen LogP contribution in [0.15, 0.2) is 33.7 Å². The Morgan fingerprint density at radius 3 is 1.21 bits per heavy atom. The predicted molar refractivity (Wildman–Crippen MR) is 159 cm³/mol. The SMILES string of the molecule is Cl.Cl.Cl.Cl.c1cc(CNCCCNCCCCCCCNCCCNCc2ccsc2)cs1. The second kappa shape index (κ2) is 28.6. The first-order chi connectivity index (χ1) is 14.4. The summed E-state index contributed by atoms with van der Waals surface area (Å²) >= 11 is 3.54. The summed E-state index contributed by atoms with van der Waals surface area (Å²) in [5, 5.41) is 22.9. The molecule has 0 unspecified atom stereocenters. The summed E-state index contributed by atoms with van der Waals surface area (Å²) < 4.78 is 0. The monoisotopic (exact) mass is 580 g/mol. The number of thiophene rings is 2. The lowest BCUT2D eigenvalue weighted by atomic mass is 10.1. The number of unbranched alkanes of at least 4 members (excludes halogenated alkanes) is 4. The van der Waals surface area contributed by atoms with Gasteiger partial charge >= 0.3 is 0 Å². The van der Waals surface area contributed by atoms with Crippen molar-refractivity contribution in [2.75, 3.05) is 39.3 Å². The van der Waals surface area contributed by atoms with Crippen LogP contribution in [0.25, 0.3) is 0 Å². The number of hydrogen-bond donors (Lipinski definition) is 4. The summed E-state index contributed by atoms with van der Waals surface area (Å²) in [6.45, 7) is 8.80. The highest BCUT2D eigenvalue weighted by Gasteiger charge is 1.95. The molecule has 4 nitrogen and oxygen atoms in total. The molecular weight excluding hydrogens is 538 g/mol. The van der Waals surface area contributed by atoms with E-state index in [-0.39, 0.29) is 49.6 Å². The Morgan fingerprint density at radius 2 is 0.818 bits per heavy atom. The molecule has 0 radical (unpaired) electrons. The van der Waals surface area contributed by atoms with E-state index >= 15 is 0 Å². The zero-order valence-corrected chi connectivity index (χ0v) is 24.4. The van der Waals surface area contributed by atoms with Gasteiger partial charge in [-0.25, -0.2) is 0 Å². The molecule has 0 amide bonds. The molecule has 2 heterocycles. The molecule has 2 aromatic rings. The average molecular weight is 583 g/mol. The second-order valence-electron chi connectivity index (χ2n) is 7.59. The van der Waals surface area contributed by atoms with E-state index in [1.165, 1.54) is 69.2 Å². The molecule has 2 rings (SSSR count). The van der Waals surface area contributed by atoms with Crippen molar-refractivity contribution < 1.29 is 0 Å². The highest BCUT2D eigenvalue weighted by molar-refractivity contribution is 7.08. The van der Waals surface area contributed by atoms with E-state index in [0.29, 0.717) is 0 Å². The third-order valence-electron chi connectivity index (χ3n) is 4.94. The van der Waals surface area contributed by atoms with E-state index in [1.807, 2.05) is 0 Å². The molecule has 2 aromatic heterocycles. The van der Waals surface area contributed by atoms with Gasteiger partial charge in [0, 0.05) is 13.1 Å². The molecule has 0 saturated heterocycles. The maximum absolute atomic E-state index is 3.57. The smallest absolute Gasteiger partial charge is 0.0213 e. The topological polar surface area (TPSA) is 48.1 Å². The molecule has 196 valence electrons. The van der Waals surface area contributed by atoms with E-state index in [9.17, 15) is 0 Å². The van der Waals surface area contributed by atoms with E-state index < -0.39 is 0 Å². The van der Waals surface area contributed by atoms with Crippen molar-refractivity contribution in [1.82, 2.24) is 21.3 Å². The normalized spacial score (nSPS) is 9.94. The van der Waals surface area contributed by atoms with Gasteiger partial charge in [0.25, 0.3) is 0 Å². The highest BCUT2D eigenvalue weighted by Crippen LogP contribution is 2.05. The van der Waals surface area contributed by atoms with Crippen molar-refractivity contribution in [3.8, 4) is 0 Å². The molecule has 0 saturated carbocycles. The van der Waals surface area contributed by atoms with Crippen LogP contribution in [-0.4, -0.2) is 39.3 Å². The first-order valence-electron chi connectivity index (χ1n) is 11.3. The van der Waals surface area contributed by atoms with Gasteiger partial charge in [-0.05, 0) is 110 Å². The van der Waals surface area contributed by atoms with Crippen molar-refractivity contribution in [3.63, 3.8) is 0 Å². The van der Waals surface area contributed by atoms with Gasteiger partial charge in [0.05, 0.1) is 0 Å². The average Bonchev–Trinajstić information content (AvgIpc) is 3.44. The lowest BCUT2D eigenvalue weighted by Gasteiger charge is -2.07. The molecule has 33 heavy (non-hydrogen) atoms. The molecule has 0 fully saturated rings. The van der Waals surface area contributed by atoms with Gasteiger partial charge in [-0.3, -0.25) is 0 Å². The Labute approximate surface area is 234 Å². The van der Waals surface area contributed by atoms with Gasteiger partial charge in [-0.2, -0.15) is 22.7 Å². The van der Waals surface area contributed by atoms with Crippen LogP contribution in [0.3, 0.4) is 0 Å². The standard InChI is InChI=1S/C23H40N4S2.4ClH/c1(2-4-10-24-12-6-14-26-18-22-8-16-28-20-22)3-5-11-25-13-7-15-27-19-23-9-17-29-21-23;;;;/h8-9,16-17,20-21,24-27H,1-7,10-15,18-19H2;4*1H. The van der Waals surface area contributed by atoms with E-state index in [4.69, 9.17) is 0 Å². The Balaban J connectivity index is -0.00000225. The Bertz CT molecular complexity index is 525. The van der Waals surface area contributed by atoms with Crippen LogP contribution in [0.5, 0.6) is 0 Å². The summed E-state index contributed by atoms with van der Waals surface area (Å²) in [7, 11) is 0. The highest BCUT2D eigenvalue weighted by atomic mass is 35.5. The summed E-state index contributed by atoms with van der Waals surface area (Å²) in [5.74, 6) is 0. The van der Waals surface area contributed by atoms with Gasteiger partial charge in [0.2, 0.25) is 0 Å². The van der Waals surface area contributed by atoms with Crippen molar-refractivity contribution in [2.45, 2.75) is 58.0 Å². The maximum atomic E-state index is 3.57. The minimum Gasteiger partial charge on any atom is -0.317 e. The molecule has 4 N–H and O–H groups in total. The van der Waals surface area contributed by atoms with Gasteiger partial charge in [-0.1, -0.05) is 19.3 Å². The number of rotatable bonds is 20. The fourth-order valence-corrected chi connectivity index (χ4v) is 4.55. The second-order valence-corrected chi connectivity index (χ2v) is 9.15. The van der Waals surface area contributed by atoms with Crippen molar-refractivity contribution >= 4 is 72.3 Å². The maximum Gasteiger partial charge on any atom is 0.0213 e. The first kappa shape index (κ1) is 37.9. The van der Waals surface area contributed by atoms with Gasteiger partial charge in [0.1, 0.15) is 0 Å². The van der Waals surface area contributed by atoms with E-state index in [0.717, 1.165) is 39.3 Å². The Kier molecular flexibility index (Phi) is 32.9. The molecule has 0 aliphatic carbocycles. The molecule has 0 aliphatic heterocycles. The molecule has 0 aromatic carbocycles. The minimum absolute atomic E-state index is 0. The van der Waals surface area contributed by atoms with Crippen LogP contribution in [0, 0.1) is 0 Å². The summed E-state index contributed by atoms with van der Waals surface area (Å²) in [5.41, 5.74) is 2.81. The molecule has 0 spiro atoms. The largest absolute Gasteiger partial charge is 0.317 e. The van der Waals surface area contributed by atoms with Crippen LogP contribution in [0.4, 0.5) is 0 Å². The van der Waals surface area contributed by atoms with E-state index in [1.54, 1.807) is 22.7 Å². The third kappa shape index (κ3) is 22.6. The van der Waals surface area contributed by atoms with Gasteiger partial charge < -0.3 is 21.3 Å². The molecule has 0 bridgehead atoms. The number of halogens is 4. The van der Waals surface area contributed by atoms with Crippen molar-refractivity contribution in [2.24, 2.45) is 0 Å². The Morgan fingerprint density at radius 1 is 0.455 bits per heavy atom. The molecular formula is C23H44Cl4N4S2. The predicted octanol–water partition coefficient (Wildman–Crippen LogP) is 6.29. The Hall–Kier alpha value is 0.400. The summed E-state index contributed by atoms with van der Waals surface area (Å²) in [4.78, 5) is 0. The van der Waals surface area contributed by atoms with Crippen molar-refractivity contribution in [3.05, 3.63) is 44.8 Å². The zero-order chi connectivity index (χ0) is 20.2. The van der Waals surface area contributed by atoms with Crippen LogP contribution < -0.4 is 21.3 Å². The quantitative estimate of drug-likeness (QED) is 0.139. The molecule has 10 heteroatoms. The minimum atomic E-state index is 0. The van der Waals surface area contributed by atoms with Crippen LogP contribution >= 0.6 is 72.3 Å². The van der Waals surface area contributed by atoms with Crippen LogP contribution in [-0.2, 0) is 13.1 Å². The fraction of sp³-hybridized carbons (Fsp3) is 0.652. The lowest BCUT2D eigenvalue weighted by molar-refractivity contribution is 0.537. The summed E-state index contributed by atoms with van der Waals surface area (Å²) in [6.07, 6.45) is 9.12. The fourth-order valence-electron chi connectivity index (χ4n) is 3.21. The van der Waals surface area contributed by atoms with Crippen LogP contribution in [0.1, 0.15) is 56.1 Å². The van der Waals surface area contributed by atoms with Gasteiger partial charge in [0.15, 0.2) is 0 Å². The van der Waals surface area contributed by atoms with Crippen molar-refractivity contribution in [1.29, 1.82) is 0 Å². The van der Waals surface area contributed by atoms with Gasteiger partial charge in [-0.15, -0.1) is 49.6 Å². The molecule has 0 atom stereocenters. The number of nitrogens with one attached hydrogen (secondary N) is 4. The lowest BCUT2D eigenvalue weighted by Crippen LogP contribution is -2.22. The third-order valence-corrected chi connectivity index (χ3v) is 6.40. The van der Waals surface area contributed by atoms with Crippen LogP contribution in [0.2, 0.25) is 0 Å². The molecule has 0 aliphatic rings. The number of hydrogen-bond acceptors (Lipinski definition) is 6. The van der Waals surface area contributed by atoms with E-state index in [2.05, 4.69) is 54.9 Å². The summed E-state index contributed by atoms with van der Waals surface area (Å²) in [6, 6.07) is 4.39. The zero-order valence-electron chi connectivity index (χ0n) is 19.5.